The van der Waals surface area contributed by atoms with Gasteiger partial charge < -0.3 is 9.84 Å². The van der Waals surface area contributed by atoms with E-state index >= 15 is 0 Å². The molecule has 1 unspecified atom stereocenters. The van der Waals surface area contributed by atoms with E-state index in [1.807, 2.05) is 6.92 Å². The zero-order valence-corrected chi connectivity index (χ0v) is 8.54. The van der Waals surface area contributed by atoms with Crippen LogP contribution in [0.5, 0.6) is 0 Å². The Morgan fingerprint density at radius 3 is 2.73 bits per heavy atom. The van der Waals surface area contributed by atoms with E-state index in [0.29, 0.717) is 19.6 Å². The van der Waals surface area contributed by atoms with Gasteiger partial charge in [-0.15, -0.1) is 0 Å². The predicted molar refractivity (Wildman–Crippen MR) is 52.4 cm³/mol. The van der Waals surface area contributed by atoms with Crippen molar-refractivity contribution >= 4 is 0 Å². The second-order valence-electron chi connectivity index (χ2n) is 3.17. The van der Waals surface area contributed by atoms with Crippen molar-refractivity contribution in [3.8, 4) is 0 Å². The van der Waals surface area contributed by atoms with Crippen LogP contribution in [0.25, 0.3) is 0 Å². The number of benzene rings is 1. The van der Waals surface area contributed by atoms with Crippen molar-refractivity contribution in [3.05, 3.63) is 35.4 Å². The fourth-order valence-corrected chi connectivity index (χ4v) is 1.27. The topological polar surface area (TPSA) is 29.5 Å². The number of hydrogen-bond donors (Lipinski definition) is 1. The monoisotopic (exact) mass is 216 g/mol. The SMILES string of the molecule is CCOCCC(O)c1ccc(F)cc1F. The number of aliphatic hydroxyl groups is 1. The van der Waals surface area contributed by atoms with E-state index in [-0.39, 0.29) is 5.56 Å². The molecule has 0 fully saturated rings. The van der Waals surface area contributed by atoms with Crippen LogP contribution in [0.15, 0.2) is 18.2 Å². The van der Waals surface area contributed by atoms with Gasteiger partial charge in [-0.3, -0.25) is 0 Å². The van der Waals surface area contributed by atoms with Crippen molar-refractivity contribution in [1.82, 2.24) is 0 Å². The molecule has 2 nitrogen and oxygen atoms in total. The van der Waals surface area contributed by atoms with Crippen molar-refractivity contribution in [2.75, 3.05) is 13.2 Å². The van der Waals surface area contributed by atoms with Gasteiger partial charge in [0, 0.05) is 31.3 Å². The summed E-state index contributed by atoms with van der Waals surface area (Å²) >= 11 is 0. The maximum atomic E-state index is 13.2. The van der Waals surface area contributed by atoms with Crippen molar-refractivity contribution in [1.29, 1.82) is 0 Å². The summed E-state index contributed by atoms with van der Waals surface area (Å²) in [6.07, 6.45) is -0.645. The van der Waals surface area contributed by atoms with Crippen molar-refractivity contribution in [2.24, 2.45) is 0 Å². The summed E-state index contributed by atoms with van der Waals surface area (Å²) in [6, 6.07) is 3.14. The van der Waals surface area contributed by atoms with Gasteiger partial charge in [-0.2, -0.15) is 0 Å². The molecule has 4 heteroatoms. The minimum absolute atomic E-state index is 0.108. The third kappa shape index (κ3) is 3.57. The molecule has 0 aromatic heterocycles. The number of hydrogen-bond acceptors (Lipinski definition) is 2. The van der Waals surface area contributed by atoms with Crippen LogP contribution in [0.4, 0.5) is 8.78 Å². The van der Waals surface area contributed by atoms with Gasteiger partial charge in [-0.25, -0.2) is 8.78 Å². The molecule has 0 saturated heterocycles. The molecule has 1 atom stereocenters. The maximum absolute atomic E-state index is 13.2. The standard InChI is InChI=1S/C11H14F2O2/c1-2-15-6-5-11(14)9-4-3-8(12)7-10(9)13/h3-4,7,11,14H,2,5-6H2,1H3. The Bertz CT molecular complexity index is 315. The fraction of sp³-hybridized carbons (Fsp3) is 0.455. The summed E-state index contributed by atoms with van der Waals surface area (Å²) in [4.78, 5) is 0. The Hall–Kier alpha value is -1.00. The summed E-state index contributed by atoms with van der Waals surface area (Å²) < 4.78 is 30.8. The Labute approximate surface area is 87.5 Å². The molecule has 1 rings (SSSR count). The van der Waals surface area contributed by atoms with Gasteiger partial charge in [-0.05, 0) is 13.0 Å². The molecule has 0 heterocycles. The van der Waals surface area contributed by atoms with E-state index < -0.39 is 17.7 Å². The average Bonchev–Trinajstić information content (AvgIpc) is 2.17. The lowest BCUT2D eigenvalue weighted by molar-refractivity contribution is 0.0868. The van der Waals surface area contributed by atoms with E-state index in [1.54, 1.807) is 0 Å². The molecule has 0 radical (unpaired) electrons. The first-order chi connectivity index (χ1) is 7.15. The third-order valence-electron chi connectivity index (χ3n) is 2.06. The maximum Gasteiger partial charge on any atom is 0.131 e. The molecule has 84 valence electrons. The van der Waals surface area contributed by atoms with E-state index in [4.69, 9.17) is 4.74 Å². The Balaban J connectivity index is 2.61. The Morgan fingerprint density at radius 2 is 2.13 bits per heavy atom. The molecule has 0 aliphatic heterocycles. The van der Waals surface area contributed by atoms with Gasteiger partial charge >= 0.3 is 0 Å². The van der Waals surface area contributed by atoms with Crippen LogP contribution >= 0.6 is 0 Å². The van der Waals surface area contributed by atoms with E-state index in [2.05, 4.69) is 0 Å². The van der Waals surface area contributed by atoms with Gasteiger partial charge in [0.15, 0.2) is 0 Å². The average molecular weight is 216 g/mol. The minimum Gasteiger partial charge on any atom is -0.388 e. The zero-order valence-electron chi connectivity index (χ0n) is 8.54. The molecule has 15 heavy (non-hydrogen) atoms. The van der Waals surface area contributed by atoms with Crippen LogP contribution in [-0.4, -0.2) is 18.3 Å². The summed E-state index contributed by atoms with van der Waals surface area (Å²) in [5.74, 6) is -1.37. The lowest BCUT2D eigenvalue weighted by atomic mass is 10.1. The van der Waals surface area contributed by atoms with E-state index in [0.717, 1.165) is 12.1 Å². The Kier molecular flexibility index (Phi) is 4.65. The van der Waals surface area contributed by atoms with Crippen LogP contribution in [0.2, 0.25) is 0 Å². The molecule has 0 aliphatic carbocycles. The van der Waals surface area contributed by atoms with Crippen LogP contribution in [-0.2, 0) is 4.74 Å². The van der Waals surface area contributed by atoms with Crippen LogP contribution in [0.3, 0.4) is 0 Å². The minimum atomic E-state index is -0.947. The zero-order chi connectivity index (χ0) is 11.3. The molecule has 1 aromatic rings. The highest BCUT2D eigenvalue weighted by Gasteiger charge is 2.12. The number of halogens is 2. The van der Waals surface area contributed by atoms with Gasteiger partial charge in [0.2, 0.25) is 0 Å². The lowest BCUT2D eigenvalue weighted by Crippen LogP contribution is -2.05. The number of rotatable bonds is 5. The first-order valence-electron chi connectivity index (χ1n) is 4.86. The molecular formula is C11H14F2O2. The second kappa shape index (κ2) is 5.78. The molecule has 0 bridgehead atoms. The van der Waals surface area contributed by atoms with Crippen molar-refractivity contribution in [2.45, 2.75) is 19.4 Å². The smallest absolute Gasteiger partial charge is 0.131 e. The second-order valence-corrected chi connectivity index (χ2v) is 3.17. The third-order valence-corrected chi connectivity index (χ3v) is 2.06. The molecule has 0 saturated carbocycles. The van der Waals surface area contributed by atoms with Gasteiger partial charge in [0.1, 0.15) is 11.6 Å². The van der Waals surface area contributed by atoms with Gasteiger partial charge in [0.05, 0.1) is 6.10 Å². The van der Waals surface area contributed by atoms with Crippen molar-refractivity contribution in [3.63, 3.8) is 0 Å². The number of ether oxygens (including phenoxy) is 1. The summed E-state index contributed by atoms with van der Waals surface area (Å²) in [6.45, 7) is 2.75. The lowest BCUT2D eigenvalue weighted by Gasteiger charge is -2.11. The Morgan fingerprint density at radius 1 is 1.40 bits per heavy atom. The largest absolute Gasteiger partial charge is 0.388 e. The van der Waals surface area contributed by atoms with E-state index in [9.17, 15) is 13.9 Å². The van der Waals surface area contributed by atoms with Crippen LogP contribution < -0.4 is 0 Å². The van der Waals surface area contributed by atoms with E-state index in [1.165, 1.54) is 6.07 Å². The predicted octanol–water partition coefficient (Wildman–Crippen LogP) is 2.42. The summed E-state index contributed by atoms with van der Waals surface area (Å²) in [5, 5.41) is 9.58. The molecular weight excluding hydrogens is 202 g/mol. The molecule has 0 amide bonds. The summed E-state index contributed by atoms with van der Waals surface area (Å²) in [5.41, 5.74) is 0.108. The molecule has 1 N–H and O–H groups in total. The normalized spacial score (nSPS) is 12.8. The van der Waals surface area contributed by atoms with Crippen LogP contribution in [0.1, 0.15) is 25.0 Å². The van der Waals surface area contributed by atoms with Gasteiger partial charge in [-0.1, -0.05) is 6.07 Å². The fourth-order valence-electron chi connectivity index (χ4n) is 1.27. The van der Waals surface area contributed by atoms with Crippen LogP contribution in [0, 0.1) is 11.6 Å². The molecule has 1 aromatic carbocycles. The first-order valence-corrected chi connectivity index (χ1v) is 4.86. The number of aliphatic hydroxyl groups excluding tert-OH is 1. The highest BCUT2D eigenvalue weighted by Crippen LogP contribution is 2.20. The molecule has 0 spiro atoms. The summed E-state index contributed by atoms with van der Waals surface area (Å²) in [7, 11) is 0. The van der Waals surface area contributed by atoms with Gasteiger partial charge in [0.25, 0.3) is 0 Å². The highest BCUT2D eigenvalue weighted by molar-refractivity contribution is 5.20. The molecule has 0 aliphatic rings. The quantitative estimate of drug-likeness (QED) is 0.766. The highest BCUT2D eigenvalue weighted by atomic mass is 19.1. The van der Waals surface area contributed by atoms with Crippen molar-refractivity contribution < 1.29 is 18.6 Å². The first kappa shape index (κ1) is 12.1.